The molecule has 0 saturated carbocycles. The SMILES string of the molecule is CCc1cccc2c1N=C/C2=C\c1c(O)n(C)c(=S)n(C)c1=O. The fraction of sp³-hybridized carbons (Fsp3) is 0.235. The van der Waals surface area contributed by atoms with Crippen molar-refractivity contribution < 1.29 is 5.11 Å². The molecule has 23 heavy (non-hydrogen) atoms. The van der Waals surface area contributed by atoms with Crippen molar-refractivity contribution in [1.29, 1.82) is 0 Å². The van der Waals surface area contributed by atoms with Gasteiger partial charge < -0.3 is 5.11 Å². The van der Waals surface area contributed by atoms with Gasteiger partial charge in [0, 0.05) is 31.4 Å². The lowest BCUT2D eigenvalue weighted by Crippen LogP contribution is -2.24. The Hall–Kier alpha value is -2.47. The van der Waals surface area contributed by atoms with E-state index in [9.17, 15) is 9.90 Å². The van der Waals surface area contributed by atoms with Crippen molar-refractivity contribution in [1.82, 2.24) is 9.13 Å². The van der Waals surface area contributed by atoms with Gasteiger partial charge in [-0.15, -0.1) is 0 Å². The fourth-order valence-electron chi connectivity index (χ4n) is 2.72. The number of hydrogen-bond donors (Lipinski definition) is 1. The molecule has 1 aromatic carbocycles. The number of aromatic hydroxyl groups is 1. The first-order chi connectivity index (χ1) is 11.0. The van der Waals surface area contributed by atoms with Crippen LogP contribution in [-0.2, 0) is 20.5 Å². The molecule has 1 aromatic heterocycles. The van der Waals surface area contributed by atoms with E-state index in [1.807, 2.05) is 18.2 Å². The summed E-state index contributed by atoms with van der Waals surface area (Å²) in [4.78, 5) is 16.9. The van der Waals surface area contributed by atoms with E-state index in [1.165, 1.54) is 9.13 Å². The molecule has 5 nitrogen and oxygen atoms in total. The van der Waals surface area contributed by atoms with Crippen LogP contribution < -0.4 is 5.56 Å². The Kier molecular flexibility index (Phi) is 3.77. The number of allylic oxidation sites excluding steroid dienone is 1. The van der Waals surface area contributed by atoms with Gasteiger partial charge >= 0.3 is 0 Å². The maximum absolute atomic E-state index is 12.4. The van der Waals surface area contributed by atoms with Crippen molar-refractivity contribution in [2.45, 2.75) is 13.3 Å². The van der Waals surface area contributed by atoms with Crippen molar-refractivity contribution in [3.05, 3.63) is 50.0 Å². The Morgan fingerprint density at radius 2 is 2.04 bits per heavy atom. The van der Waals surface area contributed by atoms with E-state index in [0.29, 0.717) is 0 Å². The first-order valence-corrected chi connectivity index (χ1v) is 7.73. The van der Waals surface area contributed by atoms with E-state index in [2.05, 4.69) is 11.9 Å². The molecule has 2 heterocycles. The standard InChI is InChI=1S/C17H17N3O2S/c1-4-10-6-5-7-12-11(9-18-14(10)12)8-13-15(21)19(2)17(23)20(3)16(13)22/h5-9,21H,4H2,1-3H3/b11-8+. The maximum Gasteiger partial charge on any atom is 0.265 e. The van der Waals surface area contributed by atoms with Crippen molar-refractivity contribution in [2.75, 3.05) is 0 Å². The molecule has 0 unspecified atom stereocenters. The van der Waals surface area contributed by atoms with Crippen molar-refractivity contribution >= 4 is 35.8 Å². The lowest BCUT2D eigenvalue weighted by Gasteiger charge is -2.10. The average Bonchev–Trinajstić information content (AvgIpc) is 2.98. The molecular weight excluding hydrogens is 310 g/mol. The predicted octanol–water partition coefficient (Wildman–Crippen LogP) is 2.98. The minimum absolute atomic E-state index is 0.140. The first kappa shape index (κ1) is 15.4. The third kappa shape index (κ3) is 2.35. The number of rotatable bonds is 2. The van der Waals surface area contributed by atoms with Gasteiger partial charge in [-0.3, -0.25) is 18.9 Å². The zero-order valence-electron chi connectivity index (χ0n) is 13.2. The minimum Gasteiger partial charge on any atom is -0.494 e. The van der Waals surface area contributed by atoms with E-state index >= 15 is 0 Å². The molecule has 3 rings (SSSR count). The zero-order chi connectivity index (χ0) is 16.7. The summed E-state index contributed by atoms with van der Waals surface area (Å²) in [5.41, 5.74) is 3.75. The molecule has 1 aliphatic rings. The van der Waals surface area contributed by atoms with Gasteiger partial charge in [0.1, 0.15) is 5.56 Å². The Balaban J connectivity index is 2.24. The molecule has 0 atom stereocenters. The van der Waals surface area contributed by atoms with Crippen molar-refractivity contribution in [3.8, 4) is 5.88 Å². The number of aliphatic imine (C=N–C) groups is 1. The fourth-order valence-corrected chi connectivity index (χ4v) is 2.89. The molecule has 0 amide bonds. The lowest BCUT2D eigenvalue weighted by atomic mass is 10.0. The van der Waals surface area contributed by atoms with E-state index in [-0.39, 0.29) is 21.8 Å². The smallest absolute Gasteiger partial charge is 0.265 e. The highest BCUT2D eigenvalue weighted by atomic mass is 32.1. The number of fused-ring (bicyclic) bond motifs is 1. The zero-order valence-corrected chi connectivity index (χ0v) is 14.0. The quantitative estimate of drug-likeness (QED) is 0.863. The molecular formula is C17H17N3O2S. The molecule has 118 valence electrons. The highest BCUT2D eigenvalue weighted by Gasteiger charge is 2.18. The molecule has 2 aromatic rings. The number of nitrogens with zero attached hydrogens (tertiary/aromatic N) is 3. The average molecular weight is 327 g/mol. The molecule has 0 radical (unpaired) electrons. The van der Waals surface area contributed by atoms with E-state index < -0.39 is 0 Å². The van der Waals surface area contributed by atoms with E-state index in [0.717, 1.165) is 28.8 Å². The Bertz CT molecular complexity index is 981. The van der Waals surface area contributed by atoms with Crippen molar-refractivity contribution in [3.63, 3.8) is 0 Å². The van der Waals surface area contributed by atoms with Crippen LogP contribution in [0.1, 0.15) is 23.6 Å². The van der Waals surface area contributed by atoms with Crippen LogP contribution >= 0.6 is 12.2 Å². The third-order valence-electron chi connectivity index (χ3n) is 4.11. The number of aromatic nitrogens is 2. The summed E-state index contributed by atoms with van der Waals surface area (Å²) in [6.45, 7) is 2.08. The molecule has 0 saturated heterocycles. The van der Waals surface area contributed by atoms with Gasteiger partial charge in [-0.1, -0.05) is 25.1 Å². The van der Waals surface area contributed by atoms with Gasteiger partial charge in [0.15, 0.2) is 4.77 Å². The number of benzene rings is 1. The van der Waals surface area contributed by atoms with Crippen LogP contribution in [0.4, 0.5) is 5.69 Å². The summed E-state index contributed by atoms with van der Waals surface area (Å²) >= 11 is 5.13. The predicted molar refractivity (Wildman–Crippen MR) is 95.0 cm³/mol. The van der Waals surface area contributed by atoms with Crippen LogP contribution in [0.3, 0.4) is 0 Å². The van der Waals surface area contributed by atoms with Crippen LogP contribution in [0, 0.1) is 4.77 Å². The van der Waals surface area contributed by atoms with Gasteiger partial charge in [-0.25, -0.2) is 0 Å². The van der Waals surface area contributed by atoms with Gasteiger partial charge in [0.05, 0.1) is 5.69 Å². The molecule has 0 aliphatic carbocycles. The van der Waals surface area contributed by atoms with Gasteiger partial charge in [-0.05, 0) is 30.3 Å². The van der Waals surface area contributed by atoms with Crippen LogP contribution in [0.15, 0.2) is 28.0 Å². The van der Waals surface area contributed by atoms with E-state index in [1.54, 1.807) is 26.4 Å². The second kappa shape index (κ2) is 5.62. The normalized spacial score (nSPS) is 14.5. The number of para-hydroxylation sites is 1. The monoisotopic (exact) mass is 327 g/mol. The second-order valence-electron chi connectivity index (χ2n) is 5.47. The lowest BCUT2D eigenvalue weighted by molar-refractivity contribution is 0.414. The number of aryl methyl sites for hydroxylation is 1. The molecule has 1 N–H and O–H groups in total. The topological polar surface area (TPSA) is 59.5 Å². The Morgan fingerprint density at radius 1 is 1.30 bits per heavy atom. The minimum atomic E-state index is -0.327. The summed E-state index contributed by atoms with van der Waals surface area (Å²) in [7, 11) is 3.23. The number of hydrogen-bond acceptors (Lipinski definition) is 4. The van der Waals surface area contributed by atoms with Crippen molar-refractivity contribution in [2.24, 2.45) is 19.1 Å². The van der Waals surface area contributed by atoms with Crippen LogP contribution in [-0.4, -0.2) is 20.5 Å². The van der Waals surface area contributed by atoms with Crippen LogP contribution in [0.5, 0.6) is 5.88 Å². The summed E-state index contributed by atoms with van der Waals surface area (Å²) in [5, 5.41) is 10.3. The van der Waals surface area contributed by atoms with Crippen LogP contribution in [0.2, 0.25) is 0 Å². The van der Waals surface area contributed by atoms with Gasteiger partial charge in [0.25, 0.3) is 5.56 Å². The summed E-state index contributed by atoms with van der Waals surface area (Å²) in [6, 6.07) is 5.99. The highest BCUT2D eigenvalue weighted by Crippen LogP contribution is 2.36. The molecule has 0 fully saturated rings. The first-order valence-electron chi connectivity index (χ1n) is 7.32. The van der Waals surface area contributed by atoms with Gasteiger partial charge in [0.2, 0.25) is 5.88 Å². The van der Waals surface area contributed by atoms with E-state index in [4.69, 9.17) is 12.2 Å². The summed E-state index contributed by atoms with van der Waals surface area (Å²) < 4.78 is 3.03. The van der Waals surface area contributed by atoms with Crippen LogP contribution in [0.25, 0.3) is 11.6 Å². The highest BCUT2D eigenvalue weighted by molar-refractivity contribution is 7.71. The molecule has 0 spiro atoms. The Morgan fingerprint density at radius 3 is 2.74 bits per heavy atom. The second-order valence-corrected chi connectivity index (χ2v) is 5.83. The third-order valence-corrected chi connectivity index (χ3v) is 4.66. The maximum atomic E-state index is 12.4. The summed E-state index contributed by atoms with van der Waals surface area (Å²) in [5.74, 6) is -0.140. The summed E-state index contributed by atoms with van der Waals surface area (Å²) in [6.07, 6.45) is 4.28. The largest absolute Gasteiger partial charge is 0.494 e. The Labute approximate surface area is 138 Å². The molecule has 1 aliphatic heterocycles. The molecule has 0 bridgehead atoms. The van der Waals surface area contributed by atoms with Gasteiger partial charge in [-0.2, -0.15) is 0 Å². The molecule has 6 heteroatoms.